The van der Waals surface area contributed by atoms with E-state index >= 15 is 0 Å². The fraction of sp³-hybridized carbons (Fsp3) is 0.444. The first-order valence-electron chi connectivity index (χ1n) is 8.28. The number of nitrogens with zero attached hydrogens (tertiary/aromatic N) is 3. The van der Waals surface area contributed by atoms with Crippen molar-refractivity contribution in [3.8, 4) is 0 Å². The molecule has 1 aromatic carbocycles. The lowest BCUT2D eigenvalue weighted by molar-refractivity contribution is 0.269. The molecule has 1 fully saturated rings. The Bertz CT molecular complexity index is 703. The van der Waals surface area contributed by atoms with E-state index in [0.717, 1.165) is 49.5 Å². The van der Waals surface area contributed by atoms with E-state index in [9.17, 15) is 4.79 Å². The molecule has 1 aliphatic heterocycles. The maximum absolute atomic E-state index is 12.5. The van der Waals surface area contributed by atoms with Crippen molar-refractivity contribution in [3.05, 3.63) is 57.5 Å². The highest BCUT2D eigenvalue weighted by Crippen LogP contribution is 2.13. The zero-order valence-electron chi connectivity index (χ0n) is 13.9. The Morgan fingerprint density at radius 1 is 1.13 bits per heavy atom. The van der Waals surface area contributed by atoms with E-state index in [0.29, 0.717) is 12.4 Å². The van der Waals surface area contributed by atoms with Crippen LogP contribution >= 0.6 is 0 Å². The minimum Gasteiger partial charge on any atom is -0.340 e. The summed E-state index contributed by atoms with van der Waals surface area (Å²) < 4.78 is 0. The van der Waals surface area contributed by atoms with Crippen molar-refractivity contribution in [2.75, 3.05) is 37.6 Å². The van der Waals surface area contributed by atoms with Crippen molar-refractivity contribution in [2.24, 2.45) is 0 Å². The van der Waals surface area contributed by atoms with Crippen molar-refractivity contribution in [1.29, 1.82) is 0 Å². The minimum atomic E-state index is -0.0192. The first-order chi connectivity index (χ1) is 11.2. The third-order valence-electron chi connectivity index (χ3n) is 4.55. The topological polar surface area (TPSA) is 52.2 Å². The molecular formula is C18H24N4O. The first-order valence-corrected chi connectivity index (χ1v) is 8.28. The number of benzene rings is 1. The molecule has 0 bridgehead atoms. The summed E-state index contributed by atoms with van der Waals surface area (Å²) >= 11 is 0. The van der Waals surface area contributed by atoms with Crippen LogP contribution in [0.15, 0.2) is 35.1 Å². The molecule has 122 valence electrons. The summed E-state index contributed by atoms with van der Waals surface area (Å²) in [6.07, 6.45) is 0.624. The molecule has 0 atom stereocenters. The molecule has 1 saturated heterocycles. The largest absolute Gasteiger partial charge is 0.340 e. The van der Waals surface area contributed by atoms with Crippen LogP contribution in [-0.4, -0.2) is 47.6 Å². The third-order valence-corrected chi connectivity index (χ3v) is 4.55. The number of aromatic amines is 1. The lowest BCUT2D eigenvalue weighted by Crippen LogP contribution is -2.47. The van der Waals surface area contributed by atoms with Gasteiger partial charge in [-0.25, -0.2) is 4.98 Å². The third kappa shape index (κ3) is 3.62. The molecule has 0 radical (unpaired) electrons. The zero-order chi connectivity index (χ0) is 16.2. The highest BCUT2D eigenvalue weighted by atomic mass is 16.1. The predicted molar refractivity (Wildman–Crippen MR) is 93.2 cm³/mol. The average molecular weight is 312 g/mol. The smallest absolute Gasteiger partial charge is 0.256 e. The summed E-state index contributed by atoms with van der Waals surface area (Å²) in [5.41, 5.74) is 2.69. The summed E-state index contributed by atoms with van der Waals surface area (Å²) in [6, 6.07) is 10.0. The van der Waals surface area contributed by atoms with Crippen molar-refractivity contribution >= 4 is 5.95 Å². The molecule has 0 aliphatic carbocycles. The van der Waals surface area contributed by atoms with E-state index in [1.807, 2.05) is 37.3 Å². The number of H-pyrrole nitrogens is 1. The van der Waals surface area contributed by atoms with Crippen LogP contribution in [0.25, 0.3) is 0 Å². The van der Waals surface area contributed by atoms with Gasteiger partial charge in [0.25, 0.3) is 5.56 Å². The highest BCUT2D eigenvalue weighted by molar-refractivity contribution is 5.35. The normalized spacial score (nSPS) is 15.8. The number of likely N-dealkylation sites (N-methyl/N-ethyl adjacent to an activating group) is 1. The van der Waals surface area contributed by atoms with E-state index < -0.39 is 0 Å². The van der Waals surface area contributed by atoms with Crippen LogP contribution in [0.3, 0.4) is 0 Å². The molecule has 5 heteroatoms. The summed E-state index contributed by atoms with van der Waals surface area (Å²) in [4.78, 5) is 24.7. The SMILES string of the molecule is CCN1CCN(c2nc(C)c(Cc3ccccc3)c(=O)[nH]2)CC1. The van der Waals surface area contributed by atoms with E-state index in [1.54, 1.807) is 0 Å². The Hall–Kier alpha value is -2.14. The fourth-order valence-corrected chi connectivity index (χ4v) is 3.03. The van der Waals surface area contributed by atoms with Gasteiger partial charge in [-0.2, -0.15) is 0 Å². The molecule has 1 N–H and O–H groups in total. The quantitative estimate of drug-likeness (QED) is 0.935. The molecule has 1 aliphatic rings. The van der Waals surface area contributed by atoms with E-state index in [1.165, 1.54) is 0 Å². The van der Waals surface area contributed by atoms with Crippen LogP contribution in [-0.2, 0) is 6.42 Å². The maximum atomic E-state index is 12.5. The van der Waals surface area contributed by atoms with Gasteiger partial charge in [-0.15, -0.1) is 0 Å². The average Bonchev–Trinajstić information content (AvgIpc) is 2.59. The highest BCUT2D eigenvalue weighted by Gasteiger charge is 2.19. The molecule has 0 unspecified atom stereocenters. The van der Waals surface area contributed by atoms with Crippen LogP contribution in [0.5, 0.6) is 0 Å². The van der Waals surface area contributed by atoms with Crippen LogP contribution in [0.1, 0.15) is 23.7 Å². The van der Waals surface area contributed by atoms with Crippen LogP contribution in [0.4, 0.5) is 5.95 Å². The number of nitrogens with one attached hydrogen (secondary N) is 1. The number of rotatable bonds is 4. The molecule has 0 saturated carbocycles. The summed E-state index contributed by atoms with van der Waals surface area (Å²) in [7, 11) is 0. The molecule has 1 aromatic heterocycles. The number of anilines is 1. The van der Waals surface area contributed by atoms with Gasteiger partial charge in [-0.1, -0.05) is 37.3 Å². The van der Waals surface area contributed by atoms with Crippen LogP contribution < -0.4 is 10.5 Å². The van der Waals surface area contributed by atoms with Crippen LogP contribution in [0, 0.1) is 6.92 Å². The van der Waals surface area contributed by atoms with Gasteiger partial charge in [-0.3, -0.25) is 9.78 Å². The molecular weight excluding hydrogens is 288 g/mol. The van der Waals surface area contributed by atoms with Gasteiger partial charge in [-0.05, 0) is 19.0 Å². The van der Waals surface area contributed by atoms with Crippen molar-refractivity contribution in [2.45, 2.75) is 20.3 Å². The Labute approximate surface area is 137 Å². The van der Waals surface area contributed by atoms with E-state index in [-0.39, 0.29) is 5.56 Å². The lowest BCUT2D eigenvalue weighted by Gasteiger charge is -2.34. The molecule has 2 aromatic rings. The van der Waals surface area contributed by atoms with Gasteiger partial charge in [0, 0.05) is 38.2 Å². The second-order valence-electron chi connectivity index (χ2n) is 6.04. The van der Waals surface area contributed by atoms with Crippen molar-refractivity contribution in [3.63, 3.8) is 0 Å². The van der Waals surface area contributed by atoms with Gasteiger partial charge in [0.2, 0.25) is 5.95 Å². The van der Waals surface area contributed by atoms with Gasteiger partial charge in [0.1, 0.15) is 0 Å². The number of aryl methyl sites for hydroxylation is 1. The summed E-state index contributed by atoms with van der Waals surface area (Å²) in [6.45, 7) is 9.04. The number of aromatic nitrogens is 2. The maximum Gasteiger partial charge on any atom is 0.256 e. The van der Waals surface area contributed by atoms with Gasteiger partial charge in [0.05, 0.1) is 5.69 Å². The van der Waals surface area contributed by atoms with Gasteiger partial charge in [0.15, 0.2) is 0 Å². The van der Waals surface area contributed by atoms with E-state index in [4.69, 9.17) is 0 Å². The van der Waals surface area contributed by atoms with Crippen LogP contribution in [0.2, 0.25) is 0 Å². The number of hydrogen-bond donors (Lipinski definition) is 1. The predicted octanol–water partition coefficient (Wildman–Crippen LogP) is 1.81. The second kappa shape index (κ2) is 6.96. The van der Waals surface area contributed by atoms with Gasteiger partial charge < -0.3 is 9.80 Å². The summed E-state index contributed by atoms with van der Waals surface area (Å²) in [5.74, 6) is 0.708. The Morgan fingerprint density at radius 2 is 1.83 bits per heavy atom. The molecule has 2 heterocycles. The fourth-order valence-electron chi connectivity index (χ4n) is 3.03. The number of hydrogen-bond acceptors (Lipinski definition) is 4. The zero-order valence-corrected chi connectivity index (χ0v) is 13.9. The second-order valence-corrected chi connectivity index (χ2v) is 6.04. The standard InChI is InChI=1S/C18H24N4O/c1-3-21-9-11-22(12-10-21)18-19-14(2)16(17(23)20-18)13-15-7-5-4-6-8-15/h4-8H,3,9-13H2,1-2H3,(H,19,20,23). The van der Waals surface area contributed by atoms with Crippen molar-refractivity contribution in [1.82, 2.24) is 14.9 Å². The Balaban J connectivity index is 1.79. The lowest BCUT2D eigenvalue weighted by atomic mass is 10.1. The molecule has 0 amide bonds. The minimum absolute atomic E-state index is 0.0192. The van der Waals surface area contributed by atoms with E-state index in [2.05, 4.69) is 26.7 Å². The molecule has 5 nitrogen and oxygen atoms in total. The molecule has 23 heavy (non-hydrogen) atoms. The summed E-state index contributed by atoms with van der Waals surface area (Å²) in [5, 5.41) is 0. The van der Waals surface area contributed by atoms with Crippen molar-refractivity contribution < 1.29 is 0 Å². The monoisotopic (exact) mass is 312 g/mol. The first kappa shape index (κ1) is 15.7. The molecule has 3 rings (SSSR count). The number of piperazine rings is 1. The Morgan fingerprint density at radius 3 is 2.43 bits per heavy atom. The molecule has 0 spiro atoms. The Kier molecular flexibility index (Phi) is 4.76. The van der Waals surface area contributed by atoms with Gasteiger partial charge >= 0.3 is 0 Å².